The van der Waals surface area contributed by atoms with Crippen molar-refractivity contribution < 1.29 is 4.79 Å². The lowest BCUT2D eigenvalue weighted by atomic mass is 9.95. The van der Waals surface area contributed by atoms with Gasteiger partial charge in [0.2, 0.25) is 5.91 Å². The first-order valence-electron chi connectivity index (χ1n) is 7.96. The molecule has 3 N–H and O–H groups in total. The van der Waals surface area contributed by atoms with Crippen LogP contribution in [0.3, 0.4) is 0 Å². The van der Waals surface area contributed by atoms with Gasteiger partial charge in [0.25, 0.3) is 0 Å². The Morgan fingerprint density at radius 3 is 3.05 bits per heavy atom. The monoisotopic (exact) mass is 309 g/mol. The Kier molecular flexibility index (Phi) is 6.21. The van der Waals surface area contributed by atoms with Crippen molar-refractivity contribution in [3.63, 3.8) is 0 Å². The van der Waals surface area contributed by atoms with Gasteiger partial charge in [-0.15, -0.1) is 11.3 Å². The highest BCUT2D eigenvalue weighted by molar-refractivity contribution is 7.12. The van der Waals surface area contributed by atoms with E-state index in [0.29, 0.717) is 19.1 Å². The second kappa shape index (κ2) is 7.92. The van der Waals surface area contributed by atoms with Crippen LogP contribution in [0.15, 0.2) is 12.1 Å². The van der Waals surface area contributed by atoms with Crippen LogP contribution < -0.4 is 11.1 Å². The molecule has 1 amide bonds. The quantitative estimate of drug-likeness (QED) is 0.846. The van der Waals surface area contributed by atoms with E-state index in [1.165, 1.54) is 9.75 Å². The molecule has 21 heavy (non-hydrogen) atoms. The van der Waals surface area contributed by atoms with Crippen molar-refractivity contribution in [3.8, 4) is 0 Å². The molecular formula is C16H27N3OS. The molecule has 118 valence electrons. The number of nitrogens with zero attached hydrogens (tertiary/aromatic N) is 1. The number of nitrogens with two attached hydrogens (primary N) is 1. The van der Waals surface area contributed by atoms with Gasteiger partial charge < -0.3 is 11.1 Å². The van der Waals surface area contributed by atoms with Gasteiger partial charge in [0.05, 0.1) is 5.92 Å². The summed E-state index contributed by atoms with van der Waals surface area (Å²) in [5.74, 6) is 0.274. The zero-order valence-electron chi connectivity index (χ0n) is 13.1. The number of carbonyl (C=O) groups is 1. The second-order valence-electron chi connectivity index (χ2n) is 5.75. The van der Waals surface area contributed by atoms with Crippen LogP contribution in [0.25, 0.3) is 0 Å². The Morgan fingerprint density at radius 1 is 1.57 bits per heavy atom. The number of carbonyl (C=O) groups excluding carboxylic acids is 1. The Bertz CT molecular complexity index is 460. The number of aryl methyl sites for hydroxylation is 1. The number of hydrogen-bond acceptors (Lipinski definition) is 4. The molecule has 1 aliphatic rings. The minimum atomic E-state index is 0.110. The van der Waals surface area contributed by atoms with E-state index >= 15 is 0 Å². The van der Waals surface area contributed by atoms with Gasteiger partial charge in [0, 0.05) is 35.4 Å². The maximum Gasteiger partial charge on any atom is 0.224 e. The summed E-state index contributed by atoms with van der Waals surface area (Å²) in [4.78, 5) is 17.4. The van der Waals surface area contributed by atoms with Gasteiger partial charge in [-0.25, -0.2) is 0 Å². The predicted molar refractivity (Wildman–Crippen MR) is 88.5 cm³/mol. The van der Waals surface area contributed by atoms with E-state index in [2.05, 4.69) is 36.2 Å². The molecular weight excluding hydrogens is 282 g/mol. The summed E-state index contributed by atoms with van der Waals surface area (Å²) in [6, 6.07) is 4.87. The van der Waals surface area contributed by atoms with E-state index in [4.69, 9.17) is 5.73 Å². The molecule has 5 heteroatoms. The zero-order chi connectivity index (χ0) is 15.2. The van der Waals surface area contributed by atoms with Crippen molar-refractivity contribution >= 4 is 17.2 Å². The van der Waals surface area contributed by atoms with E-state index < -0.39 is 0 Å². The normalized spacial score (nSPS) is 21.2. The molecule has 0 aliphatic carbocycles. The molecule has 1 saturated heterocycles. The third kappa shape index (κ3) is 4.28. The van der Waals surface area contributed by atoms with Gasteiger partial charge in [0.1, 0.15) is 0 Å². The molecule has 0 bridgehead atoms. The first kappa shape index (κ1) is 16.5. The number of piperidine rings is 1. The maximum absolute atomic E-state index is 12.1. The number of amides is 1. The fourth-order valence-corrected chi connectivity index (χ4v) is 3.94. The lowest BCUT2D eigenvalue weighted by molar-refractivity contribution is -0.126. The first-order chi connectivity index (χ1) is 10.2. The molecule has 0 spiro atoms. The number of nitrogens with one attached hydrogen (secondary N) is 1. The SMILES string of the molecule is CCc1ccc(C(C)N2CCCC(C(=O)NCCN)C2)s1. The van der Waals surface area contributed by atoms with Crippen LogP contribution in [0.1, 0.15) is 42.5 Å². The zero-order valence-corrected chi connectivity index (χ0v) is 13.9. The van der Waals surface area contributed by atoms with Crippen LogP contribution in [0, 0.1) is 5.92 Å². The van der Waals surface area contributed by atoms with Crippen molar-refractivity contribution in [3.05, 3.63) is 21.9 Å². The topological polar surface area (TPSA) is 58.4 Å². The van der Waals surface area contributed by atoms with Crippen LogP contribution in [0.2, 0.25) is 0 Å². The van der Waals surface area contributed by atoms with Crippen molar-refractivity contribution in [2.24, 2.45) is 11.7 Å². The molecule has 1 aliphatic heterocycles. The largest absolute Gasteiger partial charge is 0.355 e. The average Bonchev–Trinajstić information content (AvgIpc) is 3.01. The molecule has 0 radical (unpaired) electrons. The highest BCUT2D eigenvalue weighted by Gasteiger charge is 2.28. The third-order valence-corrected chi connectivity index (χ3v) is 5.66. The Labute approximate surface area is 131 Å². The molecule has 2 atom stereocenters. The summed E-state index contributed by atoms with van der Waals surface area (Å²) in [5.41, 5.74) is 5.45. The fraction of sp³-hybridized carbons (Fsp3) is 0.688. The smallest absolute Gasteiger partial charge is 0.224 e. The summed E-state index contributed by atoms with van der Waals surface area (Å²) in [6.07, 6.45) is 3.18. The molecule has 1 fully saturated rings. The van der Waals surface area contributed by atoms with Crippen molar-refractivity contribution in [2.75, 3.05) is 26.2 Å². The standard InChI is InChI=1S/C16H27N3OS/c1-3-14-6-7-15(21-14)12(2)19-10-4-5-13(11-19)16(20)18-9-8-17/h6-7,12-13H,3-5,8-11,17H2,1-2H3,(H,18,20). The minimum absolute atomic E-state index is 0.110. The van der Waals surface area contributed by atoms with Gasteiger partial charge in [-0.2, -0.15) is 0 Å². The van der Waals surface area contributed by atoms with Crippen LogP contribution in [-0.2, 0) is 11.2 Å². The first-order valence-corrected chi connectivity index (χ1v) is 8.77. The van der Waals surface area contributed by atoms with E-state index in [9.17, 15) is 4.79 Å². The summed E-state index contributed by atoms with van der Waals surface area (Å²) in [6.45, 7) is 7.48. The summed E-state index contributed by atoms with van der Waals surface area (Å²) in [5, 5.41) is 2.93. The molecule has 1 aromatic heterocycles. The van der Waals surface area contributed by atoms with E-state index in [0.717, 1.165) is 32.4 Å². The molecule has 2 rings (SSSR count). The highest BCUT2D eigenvalue weighted by atomic mass is 32.1. The van der Waals surface area contributed by atoms with Gasteiger partial charge in [-0.3, -0.25) is 9.69 Å². The minimum Gasteiger partial charge on any atom is -0.355 e. The summed E-state index contributed by atoms with van der Waals surface area (Å²) < 4.78 is 0. The molecule has 4 nitrogen and oxygen atoms in total. The maximum atomic E-state index is 12.1. The van der Waals surface area contributed by atoms with Crippen molar-refractivity contribution in [1.29, 1.82) is 0 Å². The van der Waals surface area contributed by atoms with Crippen molar-refractivity contribution in [1.82, 2.24) is 10.2 Å². The van der Waals surface area contributed by atoms with Crippen LogP contribution in [0.5, 0.6) is 0 Å². The van der Waals surface area contributed by atoms with Gasteiger partial charge in [-0.1, -0.05) is 6.92 Å². The Morgan fingerprint density at radius 2 is 2.38 bits per heavy atom. The Hall–Kier alpha value is -0.910. The molecule has 1 aromatic rings. The number of hydrogen-bond donors (Lipinski definition) is 2. The van der Waals surface area contributed by atoms with Crippen LogP contribution in [0.4, 0.5) is 0 Å². The van der Waals surface area contributed by atoms with Gasteiger partial charge in [0.15, 0.2) is 0 Å². The lowest BCUT2D eigenvalue weighted by Gasteiger charge is -2.35. The summed E-state index contributed by atoms with van der Waals surface area (Å²) >= 11 is 1.90. The second-order valence-corrected chi connectivity index (χ2v) is 6.95. The third-order valence-electron chi connectivity index (χ3n) is 4.26. The Balaban J connectivity index is 1.95. The van der Waals surface area contributed by atoms with E-state index in [1.54, 1.807) is 0 Å². The van der Waals surface area contributed by atoms with Crippen LogP contribution >= 0.6 is 11.3 Å². The van der Waals surface area contributed by atoms with E-state index in [-0.39, 0.29) is 11.8 Å². The summed E-state index contributed by atoms with van der Waals surface area (Å²) in [7, 11) is 0. The predicted octanol–water partition coefficient (Wildman–Crippen LogP) is 2.16. The molecule has 0 aromatic carbocycles. The highest BCUT2D eigenvalue weighted by Crippen LogP contribution is 2.31. The van der Waals surface area contributed by atoms with Crippen molar-refractivity contribution in [2.45, 2.75) is 39.2 Å². The average molecular weight is 309 g/mol. The number of likely N-dealkylation sites (tertiary alicyclic amines) is 1. The van der Waals surface area contributed by atoms with Gasteiger partial charge >= 0.3 is 0 Å². The lowest BCUT2D eigenvalue weighted by Crippen LogP contribution is -2.44. The molecule has 2 unspecified atom stereocenters. The van der Waals surface area contributed by atoms with E-state index in [1.807, 2.05) is 11.3 Å². The molecule has 2 heterocycles. The van der Waals surface area contributed by atoms with Crippen LogP contribution in [-0.4, -0.2) is 37.0 Å². The number of rotatable bonds is 6. The number of thiophene rings is 1. The fourth-order valence-electron chi connectivity index (χ4n) is 2.90. The van der Waals surface area contributed by atoms with Gasteiger partial charge in [-0.05, 0) is 44.9 Å². The molecule has 0 saturated carbocycles.